The second kappa shape index (κ2) is 7.11. The summed E-state index contributed by atoms with van der Waals surface area (Å²) in [4.78, 5) is 23.4. The third-order valence-electron chi connectivity index (χ3n) is 2.55. The molecular formula is C13H16N4O3. The van der Waals surface area contributed by atoms with Crippen LogP contribution in [0.4, 0.5) is 0 Å². The maximum Gasteiger partial charge on any atom is 0.231 e. The van der Waals surface area contributed by atoms with Crippen molar-refractivity contribution in [3.8, 4) is 11.8 Å². The molecule has 0 unspecified atom stereocenters. The number of hydrogen-bond acceptors (Lipinski definition) is 5. The van der Waals surface area contributed by atoms with Crippen LogP contribution in [0, 0.1) is 11.3 Å². The number of primary amides is 2. The number of rotatable bonds is 7. The predicted octanol–water partition coefficient (Wildman–Crippen LogP) is -0.661. The van der Waals surface area contributed by atoms with Crippen LogP contribution < -0.4 is 16.2 Å². The molecule has 0 aliphatic carbocycles. The second-order valence-corrected chi connectivity index (χ2v) is 4.22. The number of hydrogen-bond donors (Lipinski definition) is 2. The zero-order valence-corrected chi connectivity index (χ0v) is 11.1. The summed E-state index contributed by atoms with van der Waals surface area (Å²) in [6.45, 7) is 0.109. The number of ether oxygens (including phenoxy) is 1. The van der Waals surface area contributed by atoms with E-state index in [-0.39, 0.29) is 19.6 Å². The molecule has 7 heteroatoms. The summed E-state index contributed by atoms with van der Waals surface area (Å²) in [5, 5.41) is 9.01. The van der Waals surface area contributed by atoms with Crippen molar-refractivity contribution in [1.82, 2.24) is 4.90 Å². The molecule has 0 saturated carbocycles. The molecule has 1 rings (SSSR count). The average molecular weight is 276 g/mol. The van der Waals surface area contributed by atoms with Gasteiger partial charge in [0.05, 0.1) is 25.8 Å². The van der Waals surface area contributed by atoms with E-state index in [9.17, 15) is 9.59 Å². The lowest BCUT2D eigenvalue weighted by Gasteiger charge is -2.19. The van der Waals surface area contributed by atoms with Crippen molar-refractivity contribution in [2.24, 2.45) is 11.5 Å². The molecule has 4 N–H and O–H groups in total. The van der Waals surface area contributed by atoms with Gasteiger partial charge in [-0.3, -0.25) is 14.5 Å². The van der Waals surface area contributed by atoms with Crippen LogP contribution in [0.1, 0.15) is 11.1 Å². The normalized spacial score (nSPS) is 10.1. The van der Waals surface area contributed by atoms with Gasteiger partial charge in [-0.25, -0.2) is 0 Å². The fourth-order valence-electron chi connectivity index (χ4n) is 1.81. The fraction of sp³-hybridized carbons (Fsp3) is 0.308. The minimum Gasteiger partial charge on any atom is -0.495 e. The zero-order valence-electron chi connectivity index (χ0n) is 11.1. The molecule has 20 heavy (non-hydrogen) atoms. The largest absolute Gasteiger partial charge is 0.495 e. The van der Waals surface area contributed by atoms with E-state index < -0.39 is 11.8 Å². The molecule has 1 aromatic carbocycles. The van der Waals surface area contributed by atoms with E-state index in [0.717, 1.165) is 5.56 Å². The summed E-state index contributed by atoms with van der Waals surface area (Å²) in [6, 6.07) is 7.05. The highest BCUT2D eigenvalue weighted by molar-refractivity contribution is 5.79. The van der Waals surface area contributed by atoms with Crippen LogP contribution in [0.5, 0.6) is 5.75 Å². The molecule has 0 spiro atoms. The molecule has 0 aliphatic rings. The van der Waals surface area contributed by atoms with Gasteiger partial charge in [0.15, 0.2) is 0 Å². The molecule has 1 aromatic rings. The smallest absolute Gasteiger partial charge is 0.231 e. The summed E-state index contributed by atoms with van der Waals surface area (Å²) in [7, 11) is 1.47. The number of carbonyl (C=O) groups is 2. The van der Waals surface area contributed by atoms with E-state index in [1.807, 2.05) is 6.07 Å². The van der Waals surface area contributed by atoms with Crippen LogP contribution in [-0.4, -0.2) is 36.9 Å². The van der Waals surface area contributed by atoms with Gasteiger partial charge in [0.1, 0.15) is 11.8 Å². The van der Waals surface area contributed by atoms with Crippen LogP contribution in [0.2, 0.25) is 0 Å². The van der Waals surface area contributed by atoms with Crippen LogP contribution >= 0.6 is 0 Å². The molecule has 106 valence electrons. The van der Waals surface area contributed by atoms with Crippen molar-refractivity contribution in [2.75, 3.05) is 20.2 Å². The van der Waals surface area contributed by atoms with Gasteiger partial charge in [0, 0.05) is 6.54 Å². The van der Waals surface area contributed by atoms with E-state index >= 15 is 0 Å². The molecule has 0 aliphatic heterocycles. The fourth-order valence-corrected chi connectivity index (χ4v) is 1.81. The Morgan fingerprint density at radius 3 is 2.35 bits per heavy atom. The Balaban J connectivity index is 2.90. The van der Waals surface area contributed by atoms with Crippen LogP contribution in [0.15, 0.2) is 18.2 Å². The molecule has 0 radical (unpaired) electrons. The highest BCUT2D eigenvalue weighted by Gasteiger charge is 2.13. The quantitative estimate of drug-likeness (QED) is 0.684. The predicted molar refractivity (Wildman–Crippen MR) is 71.4 cm³/mol. The first kappa shape index (κ1) is 15.5. The van der Waals surface area contributed by atoms with E-state index in [1.165, 1.54) is 12.0 Å². The monoisotopic (exact) mass is 276 g/mol. The number of nitrogens with zero attached hydrogens (tertiary/aromatic N) is 2. The van der Waals surface area contributed by atoms with Crippen molar-refractivity contribution in [1.29, 1.82) is 5.26 Å². The highest BCUT2D eigenvalue weighted by Crippen LogP contribution is 2.19. The maximum atomic E-state index is 11.0. The van der Waals surface area contributed by atoms with Gasteiger partial charge in [-0.05, 0) is 17.7 Å². The standard InChI is InChI=1S/C13H16N4O3/c1-20-11-3-2-9(4-10(11)5-14)6-17(7-12(15)18)8-13(16)19/h2-4H,6-8H2,1H3,(H2,15,18)(H2,16,19). The van der Waals surface area contributed by atoms with Gasteiger partial charge in [-0.15, -0.1) is 0 Å². The van der Waals surface area contributed by atoms with Gasteiger partial charge in [-0.1, -0.05) is 6.07 Å². The van der Waals surface area contributed by atoms with Crippen molar-refractivity contribution >= 4 is 11.8 Å². The molecule has 2 amide bonds. The molecule has 0 atom stereocenters. The summed E-state index contributed by atoms with van der Waals surface area (Å²) >= 11 is 0. The van der Waals surface area contributed by atoms with Gasteiger partial charge in [-0.2, -0.15) is 5.26 Å². The van der Waals surface area contributed by atoms with Crippen molar-refractivity contribution in [2.45, 2.75) is 6.54 Å². The lowest BCUT2D eigenvalue weighted by Crippen LogP contribution is -2.39. The highest BCUT2D eigenvalue weighted by atomic mass is 16.5. The second-order valence-electron chi connectivity index (χ2n) is 4.22. The summed E-state index contributed by atoms with van der Waals surface area (Å²) in [5.74, 6) is -0.645. The Bertz CT molecular complexity index is 535. The van der Waals surface area contributed by atoms with Crippen molar-refractivity contribution in [3.63, 3.8) is 0 Å². The topological polar surface area (TPSA) is 122 Å². The molecule has 0 aromatic heterocycles. The Morgan fingerprint density at radius 1 is 1.30 bits per heavy atom. The third kappa shape index (κ3) is 4.59. The van der Waals surface area contributed by atoms with Crippen LogP contribution in [-0.2, 0) is 16.1 Å². The Kier molecular flexibility index (Phi) is 5.50. The summed E-state index contributed by atoms with van der Waals surface area (Å²) in [5.41, 5.74) is 11.4. The number of nitriles is 1. The summed E-state index contributed by atoms with van der Waals surface area (Å²) < 4.78 is 5.04. The van der Waals surface area contributed by atoms with Crippen LogP contribution in [0.25, 0.3) is 0 Å². The number of carbonyl (C=O) groups excluding carboxylic acids is 2. The lowest BCUT2D eigenvalue weighted by molar-refractivity contribution is -0.122. The van der Waals surface area contributed by atoms with Crippen LogP contribution in [0.3, 0.4) is 0 Å². The van der Waals surface area contributed by atoms with E-state index in [0.29, 0.717) is 11.3 Å². The Labute approximate surface area is 116 Å². The number of amides is 2. The van der Waals surface area contributed by atoms with Crippen molar-refractivity contribution < 1.29 is 14.3 Å². The van der Waals surface area contributed by atoms with Crippen molar-refractivity contribution in [3.05, 3.63) is 29.3 Å². The van der Waals surface area contributed by atoms with Gasteiger partial charge < -0.3 is 16.2 Å². The number of methoxy groups -OCH3 is 1. The van der Waals surface area contributed by atoms with E-state index in [4.69, 9.17) is 21.5 Å². The molecule has 0 saturated heterocycles. The molecule has 0 heterocycles. The Morgan fingerprint density at radius 2 is 1.90 bits per heavy atom. The Hall–Kier alpha value is -2.59. The maximum absolute atomic E-state index is 11.0. The minimum absolute atomic E-state index is 0.0865. The average Bonchev–Trinajstić information content (AvgIpc) is 2.36. The van der Waals surface area contributed by atoms with Gasteiger partial charge >= 0.3 is 0 Å². The number of nitrogens with two attached hydrogens (primary N) is 2. The van der Waals surface area contributed by atoms with E-state index in [2.05, 4.69) is 0 Å². The molecule has 7 nitrogen and oxygen atoms in total. The van der Waals surface area contributed by atoms with Gasteiger partial charge in [0.25, 0.3) is 0 Å². The zero-order chi connectivity index (χ0) is 15.1. The van der Waals surface area contributed by atoms with Gasteiger partial charge in [0.2, 0.25) is 11.8 Å². The SMILES string of the molecule is COc1ccc(CN(CC(N)=O)CC(N)=O)cc1C#N. The third-order valence-corrected chi connectivity index (χ3v) is 2.55. The molecule has 0 bridgehead atoms. The molecule has 0 fully saturated rings. The van der Waals surface area contributed by atoms with E-state index in [1.54, 1.807) is 18.2 Å². The first-order chi connectivity index (χ1) is 9.46. The first-order valence-corrected chi connectivity index (χ1v) is 5.82. The summed E-state index contributed by atoms with van der Waals surface area (Å²) in [6.07, 6.45) is 0. The molecular weight excluding hydrogens is 260 g/mol. The minimum atomic E-state index is -0.555. The lowest BCUT2D eigenvalue weighted by atomic mass is 10.1. The first-order valence-electron chi connectivity index (χ1n) is 5.82. The number of benzene rings is 1.